The number of thiazole rings is 1. The number of hydrogen-bond donors (Lipinski definition) is 2. The van der Waals surface area contributed by atoms with Crippen molar-refractivity contribution in [1.29, 1.82) is 5.41 Å². The molecule has 2 rings (SSSR count). The summed E-state index contributed by atoms with van der Waals surface area (Å²) in [6.45, 7) is 13.3. The third kappa shape index (κ3) is 2.98. The maximum Gasteiger partial charge on any atom is 0.135 e. The Bertz CT molecular complexity index is 581. The molecule has 1 atom stereocenters. The summed E-state index contributed by atoms with van der Waals surface area (Å²) in [5.41, 5.74) is 1.59. The Morgan fingerprint density at radius 2 is 2.05 bits per heavy atom. The monoisotopic (exact) mass is 307 g/mol. The first-order valence-corrected chi connectivity index (χ1v) is 8.26. The maximum atomic E-state index is 10.4. The summed E-state index contributed by atoms with van der Waals surface area (Å²) in [6, 6.07) is -0.142. The minimum atomic E-state index is -0.142. The van der Waals surface area contributed by atoms with E-state index in [2.05, 4.69) is 39.6 Å². The highest BCUT2D eigenvalue weighted by Crippen LogP contribution is 2.35. The minimum Gasteiger partial charge on any atom is -0.509 e. The molecule has 116 valence electrons. The molecule has 1 aromatic rings. The van der Waals surface area contributed by atoms with E-state index in [-0.39, 0.29) is 17.2 Å². The van der Waals surface area contributed by atoms with Gasteiger partial charge >= 0.3 is 0 Å². The smallest absolute Gasteiger partial charge is 0.135 e. The van der Waals surface area contributed by atoms with Crippen molar-refractivity contribution in [2.45, 2.75) is 53.0 Å². The van der Waals surface area contributed by atoms with E-state index in [1.54, 1.807) is 0 Å². The van der Waals surface area contributed by atoms with E-state index < -0.39 is 0 Å². The molecule has 0 saturated carbocycles. The fraction of sp³-hybridized carbons (Fsp3) is 0.625. The summed E-state index contributed by atoms with van der Waals surface area (Å²) < 4.78 is 0. The van der Waals surface area contributed by atoms with Crippen LogP contribution in [0.25, 0.3) is 5.57 Å². The molecule has 2 N–H and O–H groups in total. The first-order valence-electron chi connectivity index (χ1n) is 7.38. The summed E-state index contributed by atoms with van der Waals surface area (Å²) in [6.07, 6.45) is 0. The van der Waals surface area contributed by atoms with Crippen molar-refractivity contribution in [3.8, 4) is 0 Å². The van der Waals surface area contributed by atoms with Gasteiger partial charge in [-0.05, 0) is 12.8 Å². The third-order valence-electron chi connectivity index (χ3n) is 3.69. The molecule has 1 aromatic heterocycles. The van der Waals surface area contributed by atoms with Gasteiger partial charge in [0.2, 0.25) is 0 Å². The van der Waals surface area contributed by atoms with Crippen LogP contribution >= 0.6 is 11.3 Å². The Labute approximate surface area is 131 Å². The van der Waals surface area contributed by atoms with E-state index >= 15 is 0 Å². The van der Waals surface area contributed by atoms with Crippen LogP contribution in [0.5, 0.6) is 0 Å². The molecule has 0 bridgehead atoms. The molecule has 0 radical (unpaired) electrons. The van der Waals surface area contributed by atoms with Crippen LogP contribution in [-0.4, -0.2) is 33.4 Å². The SMILES string of the molecule is CC(C)CN1C(=N)C(c2nc(C(C)(C)C)cs2)=C(O)C1C. The van der Waals surface area contributed by atoms with Crippen molar-refractivity contribution in [2.75, 3.05) is 6.54 Å². The van der Waals surface area contributed by atoms with Gasteiger partial charge in [-0.15, -0.1) is 11.3 Å². The Morgan fingerprint density at radius 3 is 2.52 bits per heavy atom. The quantitative estimate of drug-likeness (QED) is 0.885. The Hall–Kier alpha value is -1.36. The predicted octanol–water partition coefficient (Wildman–Crippen LogP) is 4.05. The van der Waals surface area contributed by atoms with Crippen LogP contribution in [0.15, 0.2) is 11.1 Å². The van der Waals surface area contributed by atoms with Gasteiger partial charge in [0, 0.05) is 17.3 Å². The number of nitrogens with one attached hydrogen (secondary N) is 1. The number of nitrogens with zero attached hydrogens (tertiary/aromatic N) is 2. The molecule has 5 heteroatoms. The second-order valence-electron chi connectivity index (χ2n) is 7.12. The molecule has 1 unspecified atom stereocenters. The lowest BCUT2D eigenvalue weighted by Crippen LogP contribution is -2.36. The molecule has 2 heterocycles. The Balaban J connectivity index is 2.35. The third-order valence-corrected chi connectivity index (χ3v) is 4.55. The van der Waals surface area contributed by atoms with Crippen LogP contribution in [0.1, 0.15) is 52.2 Å². The van der Waals surface area contributed by atoms with Crippen LogP contribution in [0.4, 0.5) is 0 Å². The lowest BCUT2D eigenvalue weighted by molar-refractivity contribution is 0.267. The Morgan fingerprint density at radius 1 is 1.43 bits per heavy atom. The standard InChI is InChI=1S/C16H25N3OS/c1-9(2)7-19-10(3)13(20)12(14(19)17)15-18-11(8-21-15)16(4,5)6/h8-10,17,20H,7H2,1-6H3. The summed E-state index contributed by atoms with van der Waals surface area (Å²) in [5.74, 6) is 1.11. The average molecular weight is 307 g/mol. The lowest BCUT2D eigenvalue weighted by atomic mass is 9.93. The summed E-state index contributed by atoms with van der Waals surface area (Å²) in [4.78, 5) is 6.60. The molecule has 0 fully saturated rings. The lowest BCUT2D eigenvalue weighted by Gasteiger charge is -2.25. The summed E-state index contributed by atoms with van der Waals surface area (Å²) in [5, 5.41) is 21.6. The van der Waals surface area contributed by atoms with Crippen molar-refractivity contribution < 1.29 is 5.11 Å². The van der Waals surface area contributed by atoms with E-state index in [9.17, 15) is 5.11 Å². The van der Waals surface area contributed by atoms with Gasteiger partial charge < -0.3 is 10.0 Å². The van der Waals surface area contributed by atoms with Crippen LogP contribution < -0.4 is 0 Å². The zero-order chi connectivity index (χ0) is 15.9. The average Bonchev–Trinajstić information content (AvgIpc) is 2.89. The van der Waals surface area contributed by atoms with Gasteiger partial charge in [0.05, 0.1) is 17.3 Å². The molecule has 0 spiro atoms. The second kappa shape index (κ2) is 5.44. The number of amidine groups is 1. The fourth-order valence-corrected chi connectivity index (χ4v) is 3.50. The zero-order valence-corrected chi connectivity index (χ0v) is 14.5. The van der Waals surface area contributed by atoms with Crippen molar-refractivity contribution in [1.82, 2.24) is 9.88 Å². The van der Waals surface area contributed by atoms with Gasteiger partial charge in [0.15, 0.2) is 0 Å². The molecule has 4 nitrogen and oxygen atoms in total. The minimum absolute atomic E-state index is 0.0189. The summed E-state index contributed by atoms with van der Waals surface area (Å²) >= 11 is 1.51. The maximum absolute atomic E-state index is 10.4. The number of aromatic nitrogens is 1. The van der Waals surface area contributed by atoms with Crippen LogP contribution in [0.2, 0.25) is 0 Å². The van der Waals surface area contributed by atoms with E-state index in [1.165, 1.54) is 11.3 Å². The second-order valence-corrected chi connectivity index (χ2v) is 7.98. The molecule has 1 aliphatic rings. The van der Waals surface area contributed by atoms with Crippen molar-refractivity contribution in [3.63, 3.8) is 0 Å². The van der Waals surface area contributed by atoms with Gasteiger partial charge in [-0.2, -0.15) is 0 Å². The van der Waals surface area contributed by atoms with Gasteiger partial charge in [0.25, 0.3) is 0 Å². The molecule has 21 heavy (non-hydrogen) atoms. The molecule has 0 aliphatic carbocycles. The number of aliphatic hydroxyl groups is 1. The Kier molecular flexibility index (Phi) is 4.15. The van der Waals surface area contributed by atoms with E-state index in [0.717, 1.165) is 17.2 Å². The molecule has 1 aliphatic heterocycles. The molecular formula is C16H25N3OS. The van der Waals surface area contributed by atoms with Crippen LogP contribution in [0, 0.1) is 11.3 Å². The van der Waals surface area contributed by atoms with E-state index in [4.69, 9.17) is 5.41 Å². The van der Waals surface area contributed by atoms with Gasteiger partial charge in [-0.3, -0.25) is 5.41 Å². The number of aliphatic hydroxyl groups excluding tert-OH is 1. The zero-order valence-electron chi connectivity index (χ0n) is 13.7. The molecule has 0 aromatic carbocycles. The van der Waals surface area contributed by atoms with Gasteiger partial charge in [0.1, 0.15) is 16.6 Å². The topological polar surface area (TPSA) is 60.2 Å². The molecule has 0 amide bonds. The first kappa shape index (κ1) is 16.0. The first-order chi connectivity index (χ1) is 9.62. The summed E-state index contributed by atoms with van der Waals surface area (Å²) in [7, 11) is 0. The molecular weight excluding hydrogens is 282 g/mol. The normalized spacial score (nSPS) is 20.0. The largest absolute Gasteiger partial charge is 0.509 e. The predicted molar refractivity (Wildman–Crippen MR) is 89.1 cm³/mol. The van der Waals surface area contributed by atoms with Crippen molar-refractivity contribution in [3.05, 3.63) is 21.8 Å². The van der Waals surface area contributed by atoms with Crippen molar-refractivity contribution in [2.24, 2.45) is 5.92 Å². The van der Waals surface area contributed by atoms with Crippen LogP contribution in [0.3, 0.4) is 0 Å². The van der Waals surface area contributed by atoms with Gasteiger partial charge in [-0.1, -0.05) is 34.6 Å². The van der Waals surface area contributed by atoms with Crippen molar-refractivity contribution >= 4 is 22.7 Å². The van der Waals surface area contributed by atoms with Crippen LogP contribution in [-0.2, 0) is 5.41 Å². The highest BCUT2D eigenvalue weighted by molar-refractivity contribution is 7.11. The van der Waals surface area contributed by atoms with E-state index in [0.29, 0.717) is 17.3 Å². The highest BCUT2D eigenvalue weighted by atomic mass is 32.1. The number of rotatable bonds is 3. The van der Waals surface area contributed by atoms with Gasteiger partial charge in [-0.25, -0.2) is 4.98 Å². The van der Waals surface area contributed by atoms with E-state index in [1.807, 2.05) is 17.2 Å². The highest BCUT2D eigenvalue weighted by Gasteiger charge is 2.36. The fourth-order valence-electron chi connectivity index (χ4n) is 2.40. The number of hydrogen-bond acceptors (Lipinski definition) is 4. The molecule has 0 saturated heterocycles.